The van der Waals surface area contributed by atoms with Crippen LogP contribution in [0.25, 0.3) is 10.2 Å². The SMILES string of the molecule is CCOc1ccc2nc(SSc3ccc(N(C)C)cc3)sc2c1. The molecule has 2 aromatic carbocycles. The molecule has 0 unspecified atom stereocenters. The van der Waals surface area contributed by atoms with Gasteiger partial charge in [0.05, 0.1) is 16.8 Å². The minimum absolute atomic E-state index is 0.685. The van der Waals surface area contributed by atoms with Crippen molar-refractivity contribution in [1.82, 2.24) is 4.98 Å². The lowest BCUT2D eigenvalue weighted by atomic mass is 10.3. The van der Waals surface area contributed by atoms with E-state index in [9.17, 15) is 0 Å². The highest BCUT2D eigenvalue weighted by atomic mass is 33.1. The Hall–Kier alpha value is -1.37. The number of ether oxygens (including phenoxy) is 1. The van der Waals surface area contributed by atoms with Crippen LogP contribution < -0.4 is 9.64 Å². The van der Waals surface area contributed by atoms with Gasteiger partial charge < -0.3 is 9.64 Å². The van der Waals surface area contributed by atoms with Crippen LogP contribution in [0.5, 0.6) is 5.75 Å². The van der Waals surface area contributed by atoms with Crippen LogP contribution in [-0.4, -0.2) is 25.7 Å². The Morgan fingerprint density at radius 1 is 1.09 bits per heavy atom. The summed E-state index contributed by atoms with van der Waals surface area (Å²) in [5, 5.41) is 0. The number of benzene rings is 2. The number of hydrogen-bond donors (Lipinski definition) is 0. The summed E-state index contributed by atoms with van der Waals surface area (Å²) in [6.07, 6.45) is 0. The van der Waals surface area contributed by atoms with E-state index in [0.717, 1.165) is 15.6 Å². The van der Waals surface area contributed by atoms with E-state index in [1.165, 1.54) is 15.3 Å². The first kappa shape index (κ1) is 16.5. The third-order valence-electron chi connectivity index (χ3n) is 3.21. The lowest BCUT2D eigenvalue weighted by molar-refractivity contribution is 0.341. The third kappa shape index (κ3) is 4.13. The molecule has 0 saturated carbocycles. The van der Waals surface area contributed by atoms with E-state index in [2.05, 4.69) is 54.3 Å². The second kappa shape index (κ2) is 7.47. The predicted octanol–water partition coefficient (Wildman–Crippen LogP) is 5.56. The summed E-state index contributed by atoms with van der Waals surface area (Å²) in [6, 6.07) is 14.6. The van der Waals surface area contributed by atoms with Crippen molar-refractivity contribution in [2.24, 2.45) is 0 Å². The van der Waals surface area contributed by atoms with Crippen LogP contribution >= 0.6 is 32.9 Å². The lowest BCUT2D eigenvalue weighted by Crippen LogP contribution is -2.07. The highest BCUT2D eigenvalue weighted by molar-refractivity contribution is 8.77. The molecule has 0 amide bonds. The highest BCUT2D eigenvalue weighted by Crippen LogP contribution is 2.41. The van der Waals surface area contributed by atoms with Gasteiger partial charge >= 0.3 is 0 Å². The number of nitrogens with zero attached hydrogens (tertiary/aromatic N) is 2. The highest BCUT2D eigenvalue weighted by Gasteiger charge is 2.07. The van der Waals surface area contributed by atoms with Crippen molar-refractivity contribution >= 4 is 48.8 Å². The summed E-state index contributed by atoms with van der Waals surface area (Å²) >= 11 is 1.71. The molecular formula is C17H18N2OS3. The van der Waals surface area contributed by atoms with Gasteiger partial charge in [-0.25, -0.2) is 4.98 Å². The Kier molecular flexibility index (Phi) is 5.35. The summed E-state index contributed by atoms with van der Waals surface area (Å²) in [5.74, 6) is 0.909. The van der Waals surface area contributed by atoms with E-state index in [4.69, 9.17) is 4.74 Å². The molecule has 3 nitrogen and oxygen atoms in total. The molecular weight excluding hydrogens is 344 g/mol. The molecule has 23 heavy (non-hydrogen) atoms. The first-order valence-electron chi connectivity index (χ1n) is 7.31. The van der Waals surface area contributed by atoms with Crippen molar-refractivity contribution in [3.8, 4) is 5.75 Å². The molecule has 1 heterocycles. The minimum atomic E-state index is 0.685. The van der Waals surface area contributed by atoms with Gasteiger partial charge in [-0.1, -0.05) is 10.8 Å². The molecule has 0 aliphatic heterocycles. The van der Waals surface area contributed by atoms with E-state index >= 15 is 0 Å². The zero-order valence-corrected chi connectivity index (χ0v) is 15.7. The summed E-state index contributed by atoms with van der Waals surface area (Å²) in [5.41, 5.74) is 2.24. The standard InChI is InChI=1S/C17H18N2OS3/c1-4-20-13-7-10-15-16(11-13)21-17(18-15)23-22-14-8-5-12(6-9-14)19(2)3/h5-11H,4H2,1-3H3. The molecule has 0 bridgehead atoms. The van der Waals surface area contributed by atoms with Crippen LogP contribution in [0.2, 0.25) is 0 Å². The molecule has 0 fully saturated rings. The summed E-state index contributed by atoms with van der Waals surface area (Å²) in [6.45, 7) is 2.68. The van der Waals surface area contributed by atoms with Crippen molar-refractivity contribution in [3.05, 3.63) is 42.5 Å². The quantitative estimate of drug-likeness (QED) is 0.535. The van der Waals surface area contributed by atoms with Crippen molar-refractivity contribution < 1.29 is 4.74 Å². The normalized spacial score (nSPS) is 10.9. The van der Waals surface area contributed by atoms with Gasteiger partial charge in [-0.3, -0.25) is 0 Å². The summed E-state index contributed by atoms with van der Waals surface area (Å²) in [7, 11) is 7.54. The van der Waals surface area contributed by atoms with Crippen LogP contribution in [0.1, 0.15) is 6.92 Å². The van der Waals surface area contributed by atoms with E-state index < -0.39 is 0 Å². The minimum Gasteiger partial charge on any atom is -0.494 e. The van der Waals surface area contributed by atoms with Crippen LogP contribution in [0, 0.1) is 0 Å². The molecule has 6 heteroatoms. The lowest BCUT2D eigenvalue weighted by Gasteiger charge is -2.12. The molecule has 0 aliphatic carbocycles. The van der Waals surface area contributed by atoms with Gasteiger partial charge in [0.1, 0.15) is 5.75 Å². The Labute approximate surface area is 148 Å². The number of hydrogen-bond acceptors (Lipinski definition) is 6. The molecule has 1 aromatic heterocycles. The van der Waals surface area contributed by atoms with Gasteiger partial charge in [0.15, 0.2) is 4.34 Å². The number of thiazole rings is 1. The molecule has 120 valence electrons. The van der Waals surface area contributed by atoms with E-state index in [1.807, 2.05) is 19.1 Å². The fourth-order valence-corrected chi connectivity index (χ4v) is 5.30. The summed E-state index contributed by atoms with van der Waals surface area (Å²) < 4.78 is 7.78. The van der Waals surface area contributed by atoms with Gasteiger partial charge in [0.2, 0.25) is 0 Å². The van der Waals surface area contributed by atoms with Gasteiger partial charge in [-0.15, -0.1) is 11.3 Å². The second-order valence-electron chi connectivity index (χ2n) is 5.10. The Morgan fingerprint density at radius 3 is 2.57 bits per heavy atom. The molecule has 0 aliphatic rings. The molecule has 0 radical (unpaired) electrons. The fraction of sp³-hybridized carbons (Fsp3) is 0.235. The first-order chi connectivity index (χ1) is 11.2. The Balaban J connectivity index is 1.69. The predicted molar refractivity (Wildman–Crippen MR) is 103 cm³/mol. The molecule has 0 N–H and O–H groups in total. The topological polar surface area (TPSA) is 25.4 Å². The number of fused-ring (bicyclic) bond motifs is 1. The molecule has 0 spiro atoms. The number of rotatable bonds is 6. The Bertz CT molecular complexity index is 784. The van der Waals surface area contributed by atoms with Crippen LogP contribution in [0.3, 0.4) is 0 Å². The van der Waals surface area contributed by atoms with E-state index in [-0.39, 0.29) is 0 Å². The van der Waals surface area contributed by atoms with Gasteiger partial charge in [-0.05, 0) is 60.2 Å². The largest absolute Gasteiger partial charge is 0.494 e. The van der Waals surface area contributed by atoms with Gasteiger partial charge in [-0.2, -0.15) is 0 Å². The fourth-order valence-electron chi connectivity index (χ4n) is 2.06. The van der Waals surface area contributed by atoms with Crippen molar-refractivity contribution in [3.63, 3.8) is 0 Å². The maximum atomic E-state index is 5.55. The molecule has 0 atom stereocenters. The van der Waals surface area contributed by atoms with E-state index in [0.29, 0.717) is 6.61 Å². The van der Waals surface area contributed by atoms with Crippen LogP contribution in [0.4, 0.5) is 5.69 Å². The van der Waals surface area contributed by atoms with Crippen LogP contribution in [0.15, 0.2) is 51.7 Å². The smallest absolute Gasteiger partial charge is 0.162 e. The molecule has 3 rings (SSSR count). The van der Waals surface area contributed by atoms with E-state index in [1.54, 1.807) is 32.9 Å². The maximum absolute atomic E-state index is 5.55. The maximum Gasteiger partial charge on any atom is 0.162 e. The average molecular weight is 363 g/mol. The monoisotopic (exact) mass is 362 g/mol. The molecule has 0 saturated heterocycles. The number of anilines is 1. The van der Waals surface area contributed by atoms with Crippen molar-refractivity contribution in [2.45, 2.75) is 16.2 Å². The zero-order chi connectivity index (χ0) is 16.2. The van der Waals surface area contributed by atoms with Gasteiger partial charge in [0.25, 0.3) is 0 Å². The van der Waals surface area contributed by atoms with Crippen LogP contribution in [-0.2, 0) is 0 Å². The summed E-state index contributed by atoms with van der Waals surface area (Å²) in [4.78, 5) is 8.01. The van der Waals surface area contributed by atoms with Gasteiger partial charge in [0, 0.05) is 24.7 Å². The first-order valence-corrected chi connectivity index (χ1v) is 10.3. The average Bonchev–Trinajstić information content (AvgIpc) is 2.96. The zero-order valence-electron chi connectivity index (χ0n) is 13.3. The second-order valence-corrected chi connectivity index (χ2v) is 8.58. The Morgan fingerprint density at radius 2 is 1.87 bits per heavy atom. The third-order valence-corrected chi connectivity index (χ3v) is 6.93. The molecule has 3 aromatic rings. The van der Waals surface area contributed by atoms with Crippen molar-refractivity contribution in [2.75, 3.05) is 25.6 Å². The number of aromatic nitrogens is 1. The van der Waals surface area contributed by atoms with Crippen molar-refractivity contribution in [1.29, 1.82) is 0 Å².